The van der Waals surface area contributed by atoms with Gasteiger partial charge in [0.1, 0.15) is 63.7 Å². The highest BCUT2D eigenvalue weighted by atomic mass is 28.3. The molecule has 3 unspecified atom stereocenters. The normalized spacial score (nSPS) is 12.9. The Labute approximate surface area is 797 Å². The second kappa shape index (κ2) is 57.4. The van der Waals surface area contributed by atoms with Crippen LogP contribution in [-0.2, 0) is 64.9 Å². The molecule has 9 rings (SSSR count). The molecule has 0 spiro atoms. The third-order valence-corrected chi connectivity index (χ3v) is 26.1. The number of unbranched alkanes of at least 4 members (excludes halogenated alkanes) is 6. The van der Waals surface area contributed by atoms with Crippen molar-refractivity contribution in [1.29, 1.82) is 0 Å². The monoisotopic (exact) mass is 1870 g/mol. The van der Waals surface area contributed by atoms with E-state index in [9.17, 15) is 43.6 Å². The number of oxime groups is 1. The zero-order chi connectivity index (χ0) is 98.9. The molecule has 0 radical (unpaired) electrons. The van der Waals surface area contributed by atoms with Crippen LogP contribution in [0.15, 0.2) is 212 Å². The van der Waals surface area contributed by atoms with Crippen molar-refractivity contribution in [3.63, 3.8) is 0 Å². The van der Waals surface area contributed by atoms with Crippen molar-refractivity contribution in [2.75, 3.05) is 14.2 Å². The van der Waals surface area contributed by atoms with E-state index in [1.54, 1.807) is 88.7 Å². The first kappa shape index (κ1) is 112. The Bertz CT molecular complexity index is 5150. The lowest BCUT2D eigenvalue weighted by atomic mass is 9.66. The number of hydrogen-bond donors (Lipinski definition) is 1. The third kappa shape index (κ3) is 38.0. The summed E-state index contributed by atoms with van der Waals surface area (Å²) in [7, 11) is 1.11. The van der Waals surface area contributed by atoms with Crippen molar-refractivity contribution in [3.05, 3.63) is 267 Å². The Morgan fingerprint density at radius 1 is 0.425 bits per heavy atom. The van der Waals surface area contributed by atoms with Gasteiger partial charge in [0.05, 0.1) is 32.3 Å². The van der Waals surface area contributed by atoms with E-state index in [4.69, 9.17) is 53.1 Å². The van der Waals surface area contributed by atoms with E-state index in [0.29, 0.717) is 111 Å². The van der Waals surface area contributed by atoms with Crippen LogP contribution in [-0.4, -0.2) is 94.8 Å². The second-order valence-electron chi connectivity index (χ2n) is 36.8. The molecule has 0 bridgehead atoms. The van der Waals surface area contributed by atoms with Gasteiger partial charge in [-0.2, -0.15) is 5.21 Å². The van der Waals surface area contributed by atoms with Gasteiger partial charge in [0.25, 0.3) is 6.07 Å². The highest BCUT2D eigenvalue weighted by molar-refractivity contribution is 6.76. The summed E-state index contributed by atoms with van der Waals surface area (Å²) >= 11 is 0. The van der Waals surface area contributed by atoms with Gasteiger partial charge in [-0.25, -0.2) is 0 Å². The molecule has 134 heavy (non-hydrogen) atoms. The van der Waals surface area contributed by atoms with Gasteiger partial charge in [-0.15, -0.1) is 6.58 Å². The van der Waals surface area contributed by atoms with Crippen LogP contribution >= 0.6 is 0 Å². The highest BCUT2D eigenvalue weighted by Crippen LogP contribution is 2.45. The van der Waals surface area contributed by atoms with Gasteiger partial charge < -0.3 is 57.5 Å². The molecule has 0 saturated carbocycles. The molecule has 0 saturated heterocycles. The van der Waals surface area contributed by atoms with Crippen molar-refractivity contribution in [2.45, 2.75) is 303 Å². The van der Waals surface area contributed by atoms with Crippen molar-refractivity contribution < 1.29 is 86.3 Å². The smallest absolute Gasteiger partial charge is 0.366 e. The van der Waals surface area contributed by atoms with Crippen LogP contribution in [0.1, 0.15) is 268 Å². The number of rotatable bonds is 47. The third-order valence-electron chi connectivity index (χ3n) is 22.9. The largest absolute Gasteiger partial charge is 0.498 e. The molecule has 1 aliphatic heterocycles. The van der Waals surface area contributed by atoms with Gasteiger partial charge in [-0.3, -0.25) is 28.8 Å². The first-order valence-electron chi connectivity index (χ1n) is 47.0. The summed E-state index contributed by atoms with van der Waals surface area (Å²) in [6, 6.07) is 67.6. The number of ether oxygens (including phenoxy) is 8. The average molecular weight is 1870 g/mol. The summed E-state index contributed by atoms with van der Waals surface area (Å²) in [5.74, 6) is 2.27. The summed E-state index contributed by atoms with van der Waals surface area (Å²) in [6.45, 7) is 39.0. The minimum absolute atomic E-state index is 0.0636. The Morgan fingerprint density at radius 3 is 0.903 bits per heavy atom. The lowest BCUT2D eigenvalue weighted by Crippen LogP contribution is -2.38. The molecule has 1 N–H and O–H groups in total. The van der Waals surface area contributed by atoms with Gasteiger partial charge >= 0.3 is 41.9 Å². The SMILES string of the molecule is C=CC[Si](C)(C)C.CC.CC#[N+][O-].CCCCC(C#[N+]O)(c1ccc(OC)cc1)c1ccc(OC(=O)CCCCC(=O)Oc2ccc(C(C)(C)c3ccc(OC(=O)CCCCC(C)=O)cc3)cc2)cc1.CCCCC(C1=NOC(C[Si](C)(C)C)C1)(c1ccc(OC)cc1)c1ccc(OC(=O)CCCCC(=O)Oc2ccc(C(C)(C)c3ccc(OC(=O)CCCCC(C)=O)cc3)cc2)cc1. The maximum absolute atomic E-state index is 12.9. The topological polar surface area (TPSA) is 284 Å². The molecule has 3 atom stereocenters. The molecule has 1 heterocycles. The predicted molar refractivity (Wildman–Crippen MR) is 539 cm³/mol. The quantitative estimate of drug-likeness (QED) is 0.00926. The van der Waals surface area contributed by atoms with Crippen LogP contribution in [0.4, 0.5) is 0 Å². The molecule has 8 aromatic carbocycles. The van der Waals surface area contributed by atoms with Gasteiger partial charge in [-0.1, -0.05) is 229 Å². The van der Waals surface area contributed by atoms with Crippen molar-refractivity contribution in [3.8, 4) is 58.1 Å². The van der Waals surface area contributed by atoms with Crippen molar-refractivity contribution >= 4 is 69.2 Å². The van der Waals surface area contributed by atoms with Crippen molar-refractivity contribution in [2.24, 2.45) is 5.16 Å². The van der Waals surface area contributed by atoms with Gasteiger partial charge in [-0.05, 0) is 232 Å². The van der Waals surface area contributed by atoms with E-state index in [1.807, 2.05) is 147 Å². The average Bonchev–Trinajstić information content (AvgIpc) is 1.37. The minimum atomic E-state index is -1.39. The Balaban J connectivity index is 0.000000421. The van der Waals surface area contributed by atoms with Crippen LogP contribution in [0.3, 0.4) is 0 Å². The molecular weight excluding hydrogens is 1720 g/mol. The number of methoxy groups -OCH3 is 2. The van der Waals surface area contributed by atoms with Crippen LogP contribution in [0.25, 0.3) is 10.0 Å². The summed E-state index contributed by atoms with van der Waals surface area (Å²) in [6.07, 6.45) is 14.7. The first-order valence-corrected chi connectivity index (χ1v) is 54.4. The molecule has 0 aliphatic carbocycles. The van der Waals surface area contributed by atoms with E-state index >= 15 is 0 Å². The molecule has 0 aromatic heterocycles. The van der Waals surface area contributed by atoms with Gasteiger partial charge in [0, 0.05) is 89.8 Å². The van der Waals surface area contributed by atoms with E-state index in [2.05, 4.69) is 116 Å². The van der Waals surface area contributed by atoms with Gasteiger partial charge in [0.2, 0.25) is 5.01 Å². The maximum atomic E-state index is 12.9. The van der Waals surface area contributed by atoms with Crippen LogP contribution < -0.4 is 37.9 Å². The second-order valence-corrected chi connectivity index (χ2v) is 47.8. The lowest BCUT2D eigenvalue weighted by molar-refractivity contribution is -0.136. The number of carbonyl (C=O) groups excluding carboxylic acids is 8. The summed E-state index contributed by atoms with van der Waals surface area (Å²) in [5.41, 5.74) is 6.97. The van der Waals surface area contributed by atoms with E-state index < -0.39 is 32.9 Å². The summed E-state index contributed by atoms with van der Waals surface area (Å²) in [4.78, 5) is 104. The molecule has 1 aliphatic rings. The fraction of sp³-hybridized carbons (Fsp3) is 0.445. The number of hydrogen-bond acceptors (Lipinski definition) is 20. The Hall–Kier alpha value is -12.3. The molecule has 0 amide bonds. The molecule has 720 valence electrons. The van der Waals surface area contributed by atoms with Crippen molar-refractivity contribution in [1.82, 2.24) is 0 Å². The molecule has 24 heteroatoms. The number of nitrogens with zero attached hydrogens (tertiary/aromatic N) is 3. The number of allylic oxidation sites excluding steroid dienone is 1. The fourth-order valence-electron chi connectivity index (χ4n) is 15.4. The van der Waals surface area contributed by atoms with E-state index in [1.165, 1.54) is 13.0 Å². The van der Waals surface area contributed by atoms with Crippen LogP contribution in [0, 0.1) is 17.3 Å². The number of benzene rings is 8. The predicted octanol–water partition coefficient (Wildman–Crippen LogP) is 26.8. The number of esters is 6. The zero-order valence-electron chi connectivity index (χ0n) is 82.7. The highest BCUT2D eigenvalue weighted by Gasteiger charge is 2.45. The molecular formula is C110H144N3O19Si2+. The van der Waals surface area contributed by atoms with E-state index in [-0.39, 0.29) is 96.9 Å². The number of Topliss-reactive ketones (excluding diaryl/α,β-unsaturated/α-hetero) is 2. The van der Waals surface area contributed by atoms with Gasteiger partial charge in [0.15, 0.2) is 5.41 Å². The Morgan fingerprint density at radius 2 is 0.679 bits per heavy atom. The molecule has 0 fully saturated rings. The lowest BCUT2D eigenvalue weighted by Gasteiger charge is -2.35. The van der Waals surface area contributed by atoms with Crippen LogP contribution in [0.2, 0.25) is 51.4 Å². The number of carbonyl (C=O) groups is 8. The molecule has 22 nitrogen and oxygen atoms in total. The minimum Gasteiger partial charge on any atom is -0.498 e. The first-order chi connectivity index (χ1) is 63.9. The Kier molecular flexibility index (Phi) is 48.0. The molecule has 8 aromatic rings. The van der Waals surface area contributed by atoms with E-state index in [0.717, 1.165) is 101 Å². The fourth-order valence-corrected chi connectivity index (χ4v) is 17.8. The number of ketones is 2. The van der Waals surface area contributed by atoms with Crippen LogP contribution in [0.5, 0.6) is 46.0 Å². The standard InChI is InChI=1S/C53H67NO9Si.C47H53NO9.C6H14Si.C2H3NO.C2H6/c1-9-10-35-53(41-23-27-43(59-5)28-24-41,48-36-47(63-54-48)37-64(6,7)8)42-25-33-46(34-26-42)62-51(58)18-14-13-17-50(57)61-45-31-21-40(22-32-45)52(3,4)39-19-29-44(30-20-39)60-49(56)16-12-11-15-38(2)55;1-6-7-32-47(33-48-53,37-20-24-39(54-5)25-21-37)38-22-30-42(31-23-38)57-45(52)15-11-10-14-44(51)56-41-28-18-36(19-29-41)46(3,4)35-16-26-40(27-17-35)55-43(50)13-9-8-12-34(2)49;1-5-6-7(2,3)4;1-2-3-4;1-2/h19-34,47H,9-18,35-37H2,1-8H3;16-31H,6-15,32H2,1-5H3;5H,1,6H2,2-4H3;1H3;1-2H3/p+1. The maximum Gasteiger partial charge on any atom is 0.366 e. The summed E-state index contributed by atoms with van der Waals surface area (Å²) in [5, 5.41) is 28.8. The zero-order valence-corrected chi connectivity index (χ0v) is 84.7. The summed E-state index contributed by atoms with van der Waals surface area (Å²) < 4.78 is 44.3.